The summed E-state index contributed by atoms with van der Waals surface area (Å²) in [6.07, 6.45) is 3.80. The topological polar surface area (TPSA) is 87.1 Å². The van der Waals surface area contributed by atoms with Gasteiger partial charge in [-0.05, 0) is 47.0 Å². The molecule has 25 heavy (non-hydrogen) atoms. The van der Waals surface area contributed by atoms with Gasteiger partial charge in [-0.15, -0.1) is 13.2 Å². The predicted molar refractivity (Wildman–Crippen MR) is 101 cm³/mol. The molecule has 2 N–H and O–H groups in total. The van der Waals surface area contributed by atoms with Gasteiger partial charge in [0.15, 0.2) is 0 Å². The second-order valence-electron chi connectivity index (χ2n) is 5.19. The van der Waals surface area contributed by atoms with Gasteiger partial charge in [-0.2, -0.15) is 0 Å². The first-order valence-corrected chi connectivity index (χ1v) is 8.32. The summed E-state index contributed by atoms with van der Waals surface area (Å²) in [5, 5.41) is 14.8. The van der Waals surface area contributed by atoms with Crippen molar-refractivity contribution in [2.24, 2.45) is 0 Å². The van der Waals surface area contributed by atoms with Crippen LogP contribution < -0.4 is 4.74 Å². The van der Waals surface area contributed by atoms with Crippen molar-refractivity contribution >= 4 is 27.9 Å². The molecule has 138 valence electrons. The molecule has 7 heteroatoms. The molecule has 1 aromatic rings. The summed E-state index contributed by atoms with van der Waals surface area (Å²) in [5.74, 6) is -2.72. The Kier molecular flexibility index (Phi) is 11.2. The fourth-order valence-corrected chi connectivity index (χ4v) is 2.77. The largest absolute Gasteiger partial charge is 0.491 e. The van der Waals surface area contributed by atoms with Crippen molar-refractivity contribution in [2.45, 2.75) is 13.8 Å². The molecule has 0 saturated carbocycles. The summed E-state index contributed by atoms with van der Waals surface area (Å²) < 4.78 is 6.91. The van der Waals surface area contributed by atoms with Crippen LogP contribution in [0, 0.1) is 13.8 Å². The van der Waals surface area contributed by atoms with Crippen molar-refractivity contribution in [2.75, 3.05) is 26.2 Å². The summed E-state index contributed by atoms with van der Waals surface area (Å²) in [6, 6.07) is 4.21. The molecule has 0 aromatic heterocycles. The van der Waals surface area contributed by atoms with Gasteiger partial charge in [-0.3, -0.25) is 4.90 Å². The number of ether oxygens (including phenoxy) is 1. The summed E-state index contributed by atoms with van der Waals surface area (Å²) in [4.78, 5) is 20.4. The molecular weight excluding hydrogens is 390 g/mol. The van der Waals surface area contributed by atoms with E-state index in [9.17, 15) is 0 Å². The van der Waals surface area contributed by atoms with Crippen LogP contribution in [0.25, 0.3) is 0 Å². The van der Waals surface area contributed by atoms with Crippen LogP contribution in [0.2, 0.25) is 0 Å². The van der Waals surface area contributed by atoms with Gasteiger partial charge < -0.3 is 14.9 Å². The van der Waals surface area contributed by atoms with E-state index < -0.39 is 11.9 Å². The maximum Gasteiger partial charge on any atom is 0.414 e. The number of hydrogen-bond donors (Lipinski definition) is 2. The monoisotopic (exact) mass is 413 g/mol. The quantitative estimate of drug-likeness (QED) is 0.502. The van der Waals surface area contributed by atoms with Gasteiger partial charge in [-0.1, -0.05) is 18.2 Å². The molecule has 0 spiro atoms. The van der Waals surface area contributed by atoms with Crippen LogP contribution in [0.1, 0.15) is 11.1 Å². The summed E-state index contributed by atoms with van der Waals surface area (Å²) >= 11 is 3.56. The Hall–Kier alpha value is -2.12. The average Bonchev–Trinajstić information content (AvgIpc) is 2.50. The number of aliphatic carboxylic acids is 2. The molecule has 0 saturated heterocycles. The number of benzene rings is 1. The van der Waals surface area contributed by atoms with E-state index in [0.717, 1.165) is 35.4 Å². The van der Waals surface area contributed by atoms with Crippen LogP contribution >= 0.6 is 15.9 Å². The lowest BCUT2D eigenvalue weighted by Crippen LogP contribution is -2.28. The lowest BCUT2D eigenvalue weighted by Gasteiger charge is -2.19. The van der Waals surface area contributed by atoms with E-state index in [2.05, 4.69) is 60.0 Å². The molecule has 0 bridgehead atoms. The van der Waals surface area contributed by atoms with Gasteiger partial charge in [-0.25, -0.2) is 9.59 Å². The van der Waals surface area contributed by atoms with Crippen LogP contribution in [-0.4, -0.2) is 53.3 Å². The third-order valence-corrected chi connectivity index (χ3v) is 3.57. The molecule has 0 fully saturated rings. The number of aryl methyl sites for hydroxylation is 2. The highest BCUT2D eigenvalue weighted by Crippen LogP contribution is 2.30. The molecule has 1 aromatic carbocycles. The Labute approximate surface area is 156 Å². The lowest BCUT2D eigenvalue weighted by molar-refractivity contribution is -0.159. The van der Waals surface area contributed by atoms with Crippen molar-refractivity contribution in [1.29, 1.82) is 0 Å². The first-order chi connectivity index (χ1) is 11.7. The SMILES string of the molecule is C=CCN(CC=C)CCOc1c(C)cc(C)cc1Br.O=C(O)C(=O)O. The van der Waals surface area contributed by atoms with Gasteiger partial charge in [0.25, 0.3) is 0 Å². The minimum Gasteiger partial charge on any atom is -0.491 e. The minimum absolute atomic E-state index is 0.657. The average molecular weight is 414 g/mol. The van der Waals surface area contributed by atoms with Gasteiger partial charge in [0.1, 0.15) is 12.4 Å². The first-order valence-electron chi connectivity index (χ1n) is 7.52. The highest BCUT2D eigenvalue weighted by molar-refractivity contribution is 9.10. The summed E-state index contributed by atoms with van der Waals surface area (Å²) in [7, 11) is 0. The smallest absolute Gasteiger partial charge is 0.414 e. The zero-order chi connectivity index (χ0) is 19.4. The first kappa shape index (κ1) is 22.9. The maximum absolute atomic E-state index is 9.10. The Bertz CT molecular complexity index is 570. The zero-order valence-corrected chi connectivity index (χ0v) is 16.1. The molecular formula is C18H24BrNO5. The van der Waals surface area contributed by atoms with Crippen LogP contribution in [0.15, 0.2) is 41.9 Å². The third kappa shape index (κ3) is 9.69. The van der Waals surface area contributed by atoms with E-state index in [1.165, 1.54) is 5.56 Å². The molecule has 0 atom stereocenters. The second-order valence-corrected chi connectivity index (χ2v) is 6.04. The summed E-state index contributed by atoms with van der Waals surface area (Å²) in [5.41, 5.74) is 2.39. The zero-order valence-electron chi connectivity index (χ0n) is 14.5. The van der Waals surface area contributed by atoms with E-state index in [-0.39, 0.29) is 0 Å². The molecule has 0 aliphatic heterocycles. The van der Waals surface area contributed by atoms with Gasteiger partial charge in [0.2, 0.25) is 0 Å². The van der Waals surface area contributed by atoms with Crippen LogP contribution in [0.4, 0.5) is 0 Å². The standard InChI is InChI=1S/C16H22BrNO.C2H2O4/c1-5-7-18(8-6-2)9-10-19-16-14(4)11-13(3)12-15(16)17;3-1(4)2(5)6/h5-6,11-12H,1-2,7-10H2,3-4H3;(H,3,4)(H,5,6). The van der Waals surface area contributed by atoms with Gasteiger partial charge in [0, 0.05) is 19.6 Å². The molecule has 0 radical (unpaired) electrons. The Balaban J connectivity index is 0.000000823. The van der Waals surface area contributed by atoms with E-state index in [1.54, 1.807) is 0 Å². The van der Waals surface area contributed by atoms with Crippen molar-refractivity contribution in [3.8, 4) is 5.75 Å². The fourth-order valence-electron chi connectivity index (χ4n) is 1.98. The molecule has 0 aliphatic carbocycles. The normalized spacial score (nSPS) is 9.76. The van der Waals surface area contributed by atoms with Crippen LogP contribution in [0.5, 0.6) is 5.75 Å². The molecule has 0 aliphatic rings. The highest BCUT2D eigenvalue weighted by Gasteiger charge is 2.07. The summed E-state index contributed by atoms with van der Waals surface area (Å²) in [6.45, 7) is 14.9. The van der Waals surface area contributed by atoms with E-state index in [0.29, 0.717) is 6.61 Å². The molecule has 6 nitrogen and oxygen atoms in total. The lowest BCUT2D eigenvalue weighted by atomic mass is 10.1. The number of rotatable bonds is 8. The maximum atomic E-state index is 9.10. The second kappa shape index (κ2) is 12.3. The number of hydrogen-bond acceptors (Lipinski definition) is 4. The van der Waals surface area contributed by atoms with Crippen LogP contribution in [0.3, 0.4) is 0 Å². The van der Waals surface area contributed by atoms with Gasteiger partial charge in [0.05, 0.1) is 4.47 Å². The molecule has 0 unspecified atom stereocenters. The Morgan fingerprint density at radius 1 is 1.16 bits per heavy atom. The van der Waals surface area contributed by atoms with E-state index in [1.807, 2.05) is 12.2 Å². The number of carbonyl (C=O) groups is 2. The minimum atomic E-state index is -1.82. The van der Waals surface area contributed by atoms with E-state index in [4.69, 9.17) is 24.5 Å². The highest BCUT2D eigenvalue weighted by atomic mass is 79.9. The Morgan fingerprint density at radius 2 is 1.68 bits per heavy atom. The van der Waals surface area contributed by atoms with Crippen molar-refractivity contribution in [3.63, 3.8) is 0 Å². The van der Waals surface area contributed by atoms with Gasteiger partial charge >= 0.3 is 11.9 Å². The van der Waals surface area contributed by atoms with Crippen molar-refractivity contribution < 1.29 is 24.5 Å². The number of nitrogens with zero attached hydrogens (tertiary/aromatic N) is 1. The van der Waals surface area contributed by atoms with E-state index >= 15 is 0 Å². The molecule has 0 heterocycles. The Morgan fingerprint density at radius 3 is 2.08 bits per heavy atom. The third-order valence-electron chi connectivity index (χ3n) is 2.99. The fraction of sp³-hybridized carbons (Fsp3) is 0.333. The predicted octanol–water partition coefficient (Wildman–Crippen LogP) is 3.27. The van der Waals surface area contributed by atoms with Crippen LogP contribution in [-0.2, 0) is 9.59 Å². The van der Waals surface area contributed by atoms with Crippen molar-refractivity contribution in [3.05, 3.63) is 53.0 Å². The number of carboxylic acid groups (broad SMARTS) is 2. The molecule has 1 rings (SSSR count). The number of carboxylic acids is 2. The molecule has 0 amide bonds. The van der Waals surface area contributed by atoms with Crippen molar-refractivity contribution in [1.82, 2.24) is 4.90 Å². The number of halogens is 1.